The highest BCUT2D eigenvalue weighted by Gasteiger charge is 2.08. The first-order valence-electron chi connectivity index (χ1n) is 6.07. The van der Waals surface area contributed by atoms with Gasteiger partial charge in [-0.25, -0.2) is 4.98 Å². The molecule has 0 saturated heterocycles. The second-order valence-electron chi connectivity index (χ2n) is 4.51. The minimum Gasteiger partial charge on any atom is -0.356 e. The van der Waals surface area contributed by atoms with Crippen LogP contribution < -0.4 is 5.32 Å². The second-order valence-corrected chi connectivity index (χ2v) is 6.31. The smallest absolute Gasteiger partial charge is 0.203 e. The Morgan fingerprint density at radius 2 is 2.17 bits per heavy atom. The van der Waals surface area contributed by atoms with Crippen molar-refractivity contribution in [3.63, 3.8) is 0 Å². The number of aromatic nitrogens is 2. The highest BCUT2D eigenvalue weighted by molar-refractivity contribution is 7.84. The standard InChI is InChI=1S/C13H19N3OS/c1-10(18(3)17)8-9-14-13-15-11-6-4-5-7-12(11)16(13)2/h4-7,10H,8-9H2,1-3H3,(H,14,15). The number of imidazole rings is 1. The molecular weight excluding hydrogens is 246 g/mol. The Morgan fingerprint density at radius 3 is 2.83 bits per heavy atom. The van der Waals surface area contributed by atoms with Crippen LogP contribution in [0.15, 0.2) is 24.3 Å². The fraction of sp³-hybridized carbons (Fsp3) is 0.462. The molecule has 1 heterocycles. The molecule has 0 bridgehead atoms. The van der Waals surface area contributed by atoms with Crippen LogP contribution in [0.1, 0.15) is 13.3 Å². The van der Waals surface area contributed by atoms with Crippen molar-refractivity contribution >= 4 is 27.8 Å². The molecule has 1 aromatic carbocycles. The first kappa shape index (κ1) is 13.1. The summed E-state index contributed by atoms with van der Waals surface area (Å²) < 4.78 is 13.3. The fourth-order valence-electron chi connectivity index (χ4n) is 1.86. The van der Waals surface area contributed by atoms with Gasteiger partial charge in [0, 0.05) is 35.9 Å². The lowest BCUT2D eigenvalue weighted by Crippen LogP contribution is -2.16. The van der Waals surface area contributed by atoms with Gasteiger partial charge in [0.05, 0.1) is 11.0 Å². The van der Waals surface area contributed by atoms with Crippen molar-refractivity contribution in [3.05, 3.63) is 24.3 Å². The highest BCUT2D eigenvalue weighted by Crippen LogP contribution is 2.17. The van der Waals surface area contributed by atoms with E-state index < -0.39 is 10.8 Å². The first-order valence-corrected chi connectivity index (χ1v) is 7.69. The lowest BCUT2D eigenvalue weighted by molar-refractivity contribution is 0.672. The molecule has 1 aromatic heterocycles. The van der Waals surface area contributed by atoms with E-state index in [4.69, 9.17) is 0 Å². The molecule has 4 nitrogen and oxygen atoms in total. The molecule has 0 amide bonds. The van der Waals surface area contributed by atoms with Crippen LogP contribution in [0.25, 0.3) is 11.0 Å². The highest BCUT2D eigenvalue weighted by atomic mass is 32.2. The van der Waals surface area contributed by atoms with Gasteiger partial charge < -0.3 is 9.88 Å². The van der Waals surface area contributed by atoms with Crippen LogP contribution in [0.2, 0.25) is 0 Å². The van der Waals surface area contributed by atoms with Gasteiger partial charge in [-0.2, -0.15) is 0 Å². The van der Waals surface area contributed by atoms with Crippen LogP contribution in [0, 0.1) is 0 Å². The predicted molar refractivity (Wildman–Crippen MR) is 77.3 cm³/mol. The molecule has 0 spiro atoms. The van der Waals surface area contributed by atoms with Gasteiger partial charge in [-0.05, 0) is 18.6 Å². The largest absolute Gasteiger partial charge is 0.356 e. The minimum absolute atomic E-state index is 0.215. The van der Waals surface area contributed by atoms with E-state index in [1.54, 1.807) is 6.26 Å². The SMILES string of the molecule is CC(CCNc1nc2ccccc2n1C)S(C)=O. The third kappa shape index (κ3) is 2.72. The maximum Gasteiger partial charge on any atom is 0.203 e. The second kappa shape index (κ2) is 5.52. The van der Waals surface area contributed by atoms with Crippen LogP contribution in [0.5, 0.6) is 0 Å². The van der Waals surface area contributed by atoms with Gasteiger partial charge in [-0.3, -0.25) is 4.21 Å². The van der Waals surface area contributed by atoms with E-state index >= 15 is 0 Å². The van der Waals surface area contributed by atoms with E-state index in [1.165, 1.54) is 0 Å². The number of hydrogen-bond donors (Lipinski definition) is 1. The van der Waals surface area contributed by atoms with Crippen LogP contribution in [-0.2, 0) is 17.8 Å². The number of anilines is 1. The van der Waals surface area contributed by atoms with Gasteiger partial charge in [-0.1, -0.05) is 19.1 Å². The zero-order valence-corrected chi connectivity index (χ0v) is 11.8. The summed E-state index contributed by atoms with van der Waals surface area (Å²) in [5.41, 5.74) is 2.11. The Morgan fingerprint density at radius 1 is 1.44 bits per heavy atom. The van der Waals surface area contributed by atoms with E-state index in [2.05, 4.69) is 16.4 Å². The van der Waals surface area contributed by atoms with Crippen molar-refractivity contribution in [2.75, 3.05) is 18.1 Å². The molecule has 0 fully saturated rings. The van der Waals surface area contributed by atoms with Crippen LogP contribution in [0.4, 0.5) is 5.95 Å². The maximum absolute atomic E-state index is 11.3. The molecule has 2 rings (SSSR count). The number of hydrogen-bond acceptors (Lipinski definition) is 3. The fourth-order valence-corrected chi connectivity index (χ4v) is 2.31. The molecule has 0 aliphatic rings. The zero-order chi connectivity index (χ0) is 13.1. The molecule has 2 unspecified atom stereocenters. The summed E-state index contributed by atoms with van der Waals surface area (Å²) in [5, 5.41) is 3.52. The number of fused-ring (bicyclic) bond motifs is 1. The third-order valence-corrected chi connectivity index (χ3v) is 4.56. The van der Waals surface area contributed by atoms with Gasteiger partial charge in [0.25, 0.3) is 0 Å². The van der Waals surface area contributed by atoms with E-state index in [1.807, 2.05) is 36.7 Å². The molecule has 0 saturated carbocycles. The summed E-state index contributed by atoms with van der Waals surface area (Å²) in [6.07, 6.45) is 2.63. The number of benzene rings is 1. The molecule has 0 radical (unpaired) electrons. The number of para-hydroxylation sites is 2. The summed E-state index contributed by atoms with van der Waals surface area (Å²) in [6.45, 7) is 2.80. The molecule has 0 aliphatic heterocycles. The topological polar surface area (TPSA) is 46.9 Å². The number of aryl methyl sites for hydroxylation is 1. The van der Waals surface area contributed by atoms with Crippen molar-refractivity contribution in [2.24, 2.45) is 7.05 Å². The van der Waals surface area contributed by atoms with Gasteiger partial charge >= 0.3 is 0 Å². The minimum atomic E-state index is -0.756. The molecule has 5 heteroatoms. The quantitative estimate of drug-likeness (QED) is 0.901. The van der Waals surface area contributed by atoms with Crippen molar-refractivity contribution < 1.29 is 4.21 Å². The molecule has 2 aromatic rings. The molecule has 2 atom stereocenters. The predicted octanol–water partition coefficient (Wildman–Crippen LogP) is 2.14. The molecular formula is C13H19N3OS. The van der Waals surface area contributed by atoms with Crippen LogP contribution >= 0.6 is 0 Å². The Hall–Kier alpha value is -1.36. The summed E-state index contributed by atoms with van der Waals surface area (Å²) in [6, 6.07) is 8.05. The first-order chi connectivity index (χ1) is 8.59. The van der Waals surface area contributed by atoms with E-state index in [0.29, 0.717) is 0 Å². The van der Waals surface area contributed by atoms with E-state index in [-0.39, 0.29) is 5.25 Å². The zero-order valence-electron chi connectivity index (χ0n) is 11.0. The van der Waals surface area contributed by atoms with Crippen molar-refractivity contribution in [2.45, 2.75) is 18.6 Å². The monoisotopic (exact) mass is 265 g/mol. The number of nitrogens with zero attached hydrogens (tertiary/aromatic N) is 2. The van der Waals surface area contributed by atoms with Crippen molar-refractivity contribution in [1.82, 2.24) is 9.55 Å². The van der Waals surface area contributed by atoms with Gasteiger partial charge in [0.1, 0.15) is 0 Å². The summed E-state index contributed by atoms with van der Waals surface area (Å²) in [5.74, 6) is 0.866. The average molecular weight is 265 g/mol. The van der Waals surface area contributed by atoms with Gasteiger partial charge in [-0.15, -0.1) is 0 Å². The van der Waals surface area contributed by atoms with E-state index in [9.17, 15) is 4.21 Å². The Kier molecular flexibility index (Phi) is 4.01. The lowest BCUT2D eigenvalue weighted by atomic mass is 10.3. The van der Waals surface area contributed by atoms with Gasteiger partial charge in [0.15, 0.2) is 0 Å². The number of rotatable bonds is 5. The molecule has 98 valence electrons. The summed E-state index contributed by atoms with van der Waals surface area (Å²) in [7, 11) is 1.24. The third-order valence-electron chi connectivity index (χ3n) is 3.19. The molecule has 18 heavy (non-hydrogen) atoms. The van der Waals surface area contributed by atoms with E-state index in [0.717, 1.165) is 29.9 Å². The van der Waals surface area contributed by atoms with Crippen LogP contribution in [-0.4, -0.2) is 31.8 Å². The van der Waals surface area contributed by atoms with Crippen molar-refractivity contribution in [3.8, 4) is 0 Å². The number of nitrogens with one attached hydrogen (secondary N) is 1. The normalized spacial score (nSPS) is 14.6. The van der Waals surface area contributed by atoms with Crippen molar-refractivity contribution in [1.29, 1.82) is 0 Å². The molecule has 1 N–H and O–H groups in total. The maximum atomic E-state index is 11.3. The van der Waals surface area contributed by atoms with Crippen LogP contribution in [0.3, 0.4) is 0 Å². The Bertz CT molecular complexity index is 564. The summed E-state index contributed by atoms with van der Waals surface area (Å²) >= 11 is 0. The Balaban J connectivity index is 2.04. The lowest BCUT2D eigenvalue weighted by Gasteiger charge is -2.09. The summed E-state index contributed by atoms with van der Waals surface area (Å²) in [4.78, 5) is 4.53. The Labute approximate surface area is 110 Å². The average Bonchev–Trinajstić information content (AvgIpc) is 2.67. The van der Waals surface area contributed by atoms with Gasteiger partial charge in [0.2, 0.25) is 5.95 Å². The molecule has 0 aliphatic carbocycles.